The second-order valence-electron chi connectivity index (χ2n) is 4.61. The van der Waals surface area contributed by atoms with Crippen LogP contribution in [0.15, 0.2) is 35.6 Å². The number of hydrogen-bond donors (Lipinski definition) is 1. The zero-order valence-corrected chi connectivity index (χ0v) is 14.2. The normalized spacial score (nSPS) is 11.0. The van der Waals surface area contributed by atoms with Gasteiger partial charge in [-0.25, -0.2) is 4.98 Å². The van der Waals surface area contributed by atoms with Crippen LogP contribution in [0.3, 0.4) is 0 Å². The molecule has 0 saturated carbocycles. The fraction of sp³-hybridized carbons (Fsp3) is 0.286. The van der Waals surface area contributed by atoms with Gasteiger partial charge >= 0.3 is 5.97 Å². The Morgan fingerprint density at radius 1 is 1.40 bits per heavy atom. The molecule has 0 aliphatic heterocycles. The van der Waals surface area contributed by atoms with Crippen molar-refractivity contribution < 1.29 is 9.90 Å². The van der Waals surface area contributed by atoms with Crippen molar-refractivity contribution >= 4 is 40.3 Å². The van der Waals surface area contributed by atoms with Gasteiger partial charge in [0.25, 0.3) is 0 Å². The molecule has 1 aromatic heterocycles. The lowest BCUT2D eigenvalue weighted by Gasteiger charge is -2.13. The van der Waals surface area contributed by atoms with Crippen LogP contribution in [-0.4, -0.2) is 26.4 Å². The third kappa shape index (κ3) is 3.54. The van der Waals surface area contributed by atoms with Gasteiger partial charge < -0.3 is 5.11 Å². The zero-order chi connectivity index (χ0) is 14.7. The number of carboxylic acids is 1. The van der Waals surface area contributed by atoms with E-state index in [1.807, 2.05) is 35.0 Å². The Hall–Kier alpha value is -1.02. The Morgan fingerprint density at radius 3 is 2.60 bits per heavy atom. The minimum Gasteiger partial charge on any atom is -0.481 e. The van der Waals surface area contributed by atoms with Gasteiger partial charge in [0.1, 0.15) is 0 Å². The quantitative estimate of drug-likeness (QED) is 0.611. The molecule has 2 aromatic rings. The maximum atomic E-state index is 10.7. The molecule has 20 heavy (non-hydrogen) atoms. The van der Waals surface area contributed by atoms with Gasteiger partial charge in [0, 0.05) is 15.0 Å². The van der Waals surface area contributed by atoms with Crippen molar-refractivity contribution in [1.82, 2.24) is 9.55 Å². The van der Waals surface area contributed by atoms with Crippen LogP contribution in [-0.2, 0) is 4.79 Å². The molecule has 0 aliphatic rings. The standard InChI is InChI=1S/C14H15IN2O2S/c1-9(2)12-7-16-14(20-8-13(18)19)17(12)11-5-3-10(15)4-6-11/h3-7,9H,8H2,1-2H3,(H,18,19). The lowest BCUT2D eigenvalue weighted by Crippen LogP contribution is -2.05. The van der Waals surface area contributed by atoms with E-state index in [1.54, 1.807) is 0 Å². The smallest absolute Gasteiger partial charge is 0.313 e. The monoisotopic (exact) mass is 402 g/mol. The summed E-state index contributed by atoms with van der Waals surface area (Å²) in [5.74, 6) is -0.502. The number of aliphatic carboxylic acids is 1. The number of carbonyl (C=O) groups is 1. The third-order valence-corrected chi connectivity index (χ3v) is 4.41. The number of benzene rings is 1. The highest BCUT2D eigenvalue weighted by Gasteiger charge is 2.15. The Labute approximate surface area is 135 Å². The van der Waals surface area contributed by atoms with Crippen molar-refractivity contribution in [2.45, 2.75) is 24.9 Å². The summed E-state index contributed by atoms with van der Waals surface area (Å²) in [6.07, 6.45) is 1.83. The number of imidazole rings is 1. The molecular weight excluding hydrogens is 387 g/mol. The number of rotatable bonds is 5. The summed E-state index contributed by atoms with van der Waals surface area (Å²) in [5.41, 5.74) is 2.10. The van der Waals surface area contributed by atoms with Crippen molar-refractivity contribution in [2.75, 3.05) is 5.75 Å². The fourth-order valence-corrected chi connectivity index (χ4v) is 2.91. The van der Waals surface area contributed by atoms with Gasteiger partial charge in [0.15, 0.2) is 5.16 Å². The second-order valence-corrected chi connectivity index (χ2v) is 6.80. The van der Waals surface area contributed by atoms with Crippen LogP contribution in [0.25, 0.3) is 5.69 Å². The van der Waals surface area contributed by atoms with Gasteiger partial charge in [-0.2, -0.15) is 0 Å². The summed E-state index contributed by atoms with van der Waals surface area (Å²) < 4.78 is 3.20. The van der Waals surface area contributed by atoms with E-state index in [1.165, 1.54) is 11.8 Å². The minimum absolute atomic E-state index is 0.0128. The highest BCUT2D eigenvalue weighted by molar-refractivity contribution is 14.1. The molecule has 1 aromatic carbocycles. The van der Waals surface area contributed by atoms with E-state index in [4.69, 9.17) is 5.11 Å². The van der Waals surface area contributed by atoms with Gasteiger partial charge in [-0.3, -0.25) is 9.36 Å². The third-order valence-electron chi connectivity index (χ3n) is 2.76. The van der Waals surface area contributed by atoms with Crippen molar-refractivity contribution in [3.05, 3.63) is 39.7 Å². The summed E-state index contributed by atoms with van der Waals surface area (Å²) in [7, 11) is 0. The molecular formula is C14H15IN2O2S. The molecule has 106 valence electrons. The van der Waals surface area contributed by atoms with Gasteiger partial charge in [-0.15, -0.1) is 0 Å². The van der Waals surface area contributed by atoms with E-state index >= 15 is 0 Å². The van der Waals surface area contributed by atoms with Gasteiger partial charge in [-0.05, 0) is 52.8 Å². The van der Waals surface area contributed by atoms with Crippen LogP contribution in [0, 0.1) is 3.57 Å². The molecule has 1 N–H and O–H groups in total. The Kier molecular flexibility index (Phi) is 5.09. The average molecular weight is 402 g/mol. The minimum atomic E-state index is -0.835. The van der Waals surface area contributed by atoms with E-state index in [0.29, 0.717) is 5.92 Å². The predicted octanol–water partition coefficient (Wildman–Crippen LogP) is 3.78. The van der Waals surface area contributed by atoms with E-state index in [9.17, 15) is 4.79 Å². The molecule has 1 heterocycles. The number of nitrogens with zero attached hydrogens (tertiary/aromatic N) is 2. The molecule has 2 rings (SSSR count). The summed E-state index contributed by atoms with van der Waals surface area (Å²) >= 11 is 3.51. The van der Waals surface area contributed by atoms with Crippen molar-refractivity contribution in [3.63, 3.8) is 0 Å². The topological polar surface area (TPSA) is 55.1 Å². The Bertz CT molecular complexity index is 608. The van der Waals surface area contributed by atoms with E-state index in [0.717, 1.165) is 20.1 Å². The molecule has 0 unspecified atom stereocenters. The van der Waals surface area contributed by atoms with Gasteiger partial charge in [-0.1, -0.05) is 25.6 Å². The first-order valence-electron chi connectivity index (χ1n) is 6.17. The lowest BCUT2D eigenvalue weighted by molar-refractivity contribution is -0.133. The van der Waals surface area contributed by atoms with Gasteiger partial charge in [0.2, 0.25) is 0 Å². The number of carboxylic acid groups (broad SMARTS) is 1. The van der Waals surface area contributed by atoms with Crippen LogP contribution in [0.4, 0.5) is 0 Å². The van der Waals surface area contributed by atoms with Crippen LogP contribution < -0.4 is 0 Å². The van der Waals surface area contributed by atoms with Crippen LogP contribution in [0.5, 0.6) is 0 Å². The number of aromatic nitrogens is 2. The summed E-state index contributed by atoms with van der Waals surface area (Å²) in [6, 6.07) is 8.12. The first kappa shape index (κ1) is 15.4. The second kappa shape index (κ2) is 6.62. The number of hydrogen-bond acceptors (Lipinski definition) is 3. The molecule has 0 amide bonds. The summed E-state index contributed by atoms with van der Waals surface area (Å²) in [5, 5.41) is 9.55. The molecule has 0 radical (unpaired) electrons. The number of halogens is 1. The van der Waals surface area contributed by atoms with E-state index in [2.05, 4.69) is 41.4 Å². The highest BCUT2D eigenvalue weighted by Crippen LogP contribution is 2.27. The lowest BCUT2D eigenvalue weighted by atomic mass is 10.1. The van der Waals surface area contributed by atoms with Crippen molar-refractivity contribution in [2.24, 2.45) is 0 Å². The summed E-state index contributed by atoms with van der Waals surface area (Å²) in [4.78, 5) is 15.1. The zero-order valence-electron chi connectivity index (χ0n) is 11.2. The maximum Gasteiger partial charge on any atom is 0.313 e. The Balaban J connectivity index is 2.43. The first-order valence-corrected chi connectivity index (χ1v) is 8.23. The van der Waals surface area contributed by atoms with Crippen molar-refractivity contribution in [1.29, 1.82) is 0 Å². The van der Waals surface area contributed by atoms with Crippen LogP contribution in [0.1, 0.15) is 25.5 Å². The Morgan fingerprint density at radius 2 is 2.05 bits per heavy atom. The number of thioether (sulfide) groups is 1. The average Bonchev–Trinajstić information content (AvgIpc) is 2.81. The molecule has 0 fully saturated rings. The van der Waals surface area contributed by atoms with Crippen molar-refractivity contribution in [3.8, 4) is 5.69 Å². The maximum absolute atomic E-state index is 10.7. The first-order chi connectivity index (χ1) is 9.49. The van der Waals surface area contributed by atoms with E-state index < -0.39 is 5.97 Å². The SMILES string of the molecule is CC(C)c1cnc(SCC(=O)O)n1-c1ccc(I)cc1. The molecule has 0 spiro atoms. The van der Waals surface area contributed by atoms with Crippen LogP contribution in [0.2, 0.25) is 0 Å². The largest absolute Gasteiger partial charge is 0.481 e. The molecule has 0 atom stereocenters. The molecule has 6 heteroatoms. The predicted molar refractivity (Wildman–Crippen MR) is 88.7 cm³/mol. The molecule has 4 nitrogen and oxygen atoms in total. The molecule has 0 bridgehead atoms. The summed E-state index contributed by atoms with van der Waals surface area (Å²) in [6.45, 7) is 4.21. The van der Waals surface area contributed by atoms with Gasteiger partial charge in [0.05, 0.1) is 11.9 Å². The fourth-order valence-electron chi connectivity index (χ4n) is 1.83. The van der Waals surface area contributed by atoms with Crippen LogP contribution >= 0.6 is 34.4 Å². The van der Waals surface area contributed by atoms with E-state index in [-0.39, 0.29) is 5.75 Å². The highest BCUT2D eigenvalue weighted by atomic mass is 127. The molecule has 0 aliphatic carbocycles. The molecule has 0 saturated heterocycles.